The van der Waals surface area contributed by atoms with Gasteiger partial charge in [0.25, 0.3) is 0 Å². The maximum atomic E-state index is 5.64. The Bertz CT molecular complexity index is 994. The molecule has 1 aromatic carbocycles. The van der Waals surface area contributed by atoms with Crippen LogP contribution in [0.1, 0.15) is 5.69 Å². The van der Waals surface area contributed by atoms with Gasteiger partial charge in [0.2, 0.25) is 0 Å². The quantitative estimate of drug-likeness (QED) is 0.648. The third kappa shape index (κ3) is 4.12. The Labute approximate surface area is 156 Å². The molecular formula is C19H20N6O2. The van der Waals surface area contributed by atoms with Gasteiger partial charge in [-0.15, -0.1) is 0 Å². The Hall–Kier alpha value is -3.68. The molecule has 8 nitrogen and oxygen atoms in total. The fraction of sp³-hybridized carbons (Fsp3) is 0.158. The average molecular weight is 364 g/mol. The molecule has 27 heavy (non-hydrogen) atoms. The van der Waals surface area contributed by atoms with Crippen molar-refractivity contribution in [2.24, 2.45) is 10.7 Å². The van der Waals surface area contributed by atoms with Crippen LogP contribution in [0.15, 0.2) is 47.7 Å². The molecule has 0 aliphatic heterocycles. The van der Waals surface area contributed by atoms with E-state index in [4.69, 9.17) is 15.2 Å². The number of benzene rings is 1. The molecule has 2 aromatic heterocycles. The number of hydrogen-bond acceptors (Lipinski definition) is 8. The van der Waals surface area contributed by atoms with Crippen molar-refractivity contribution >= 4 is 34.5 Å². The maximum absolute atomic E-state index is 5.64. The third-order valence-electron chi connectivity index (χ3n) is 3.77. The maximum Gasteiger partial charge on any atom is 0.180 e. The normalized spacial score (nSPS) is 11.7. The highest BCUT2D eigenvalue weighted by atomic mass is 16.5. The molecule has 8 heteroatoms. The first kappa shape index (κ1) is 18.1. The molecule has 0 saturated carbocycles. The third-order valence-corrected chi connectivity index (χ3v) is 3.77. The molecule has 138 valence electrons. The Morgan fingerprint density at radius 2 is 1.85 bits per heavy atom. The van der Waals surface area contributed by atoms with Crippen LogP contribution in [-0.2, 0) is 0 Å². The smallest absolute Gasteiger partial charge is 0.180 e. The van der Waals surface area contributed by atoms with Crippen LogP contribution in [0.4, 0.5) is 11.5 Å². The number of anilines is 2. The number of aliphatic imine (C=N–C) groups is 1. The predicted molar refractivity (Wildman–Crippen MR) is 107 cm³/mol. The molecule has 0 radical (unpaired) electrons. The first-order valence-electron chi connectivity index (χ1n) is 8.15. The molecule has 3 rings (SSSR count). The van der Waals surface area contributed by atoms with Crippen molar-refractivity contribution in [1.82, 2.24) is 15.0 Å². The van der Waals surface area contributed by atoms with Gasteiger partial charge in [0.05, 0.1) is 26.1 Å². The number of rotatable bonds is 6. The summed E-state index contributed by atoms with van der Waals surface area (Å²) in [6.45, 7) is 0. The van der Waals surface area contributed by atoms with Gasteiger partial charge in [-0.3, -0.25) is 9.98 Å². The second kappa shape index (κ2) is 8.13. The van der Waals surface area contributed by atoms with Gasteiger partial charge in [-0.2, -0.15) is 0 Å². The number of ether oxygens (including phenoxy) is 2. The molecule has 3 aromatic rings. The van der Waals surface area contributed by atoms with Gasteiger partial charge < -0.3 is 20.5 Å². The highest BCUT2D eigenvalue weighted by Gasteiger charge is 2.07. The van der Waals surface area contributed by atoms with Gasteiger partial charge in [0.1, 0.15) is 22.8 Å². The lowest BCUT2D eigenvalue weighted by molar-refractivity contribution is 0.395. The van der Waals surface area contributed by atoms with Gasteiger partial charge in [0, 0.05) is 48.9 Å². The summed E-state index contributed by atoms with van der Waals surface area (Å²) in [7, 11) is 4.87. The van der Waals surface area contributed by atoms with Crippen LogP contribution in [-0.4, -0.2) is 42.4 Å². The highest BCUT2D eigenvalue weighted by Crippen LogP contribution is 2.28. The van der Waals surface area contributed by atoms with E-state index in [1.165, 1.54) is 6.20 Å². The fourth-order valence-electron chi connectivity index (χ4n) is 2.47. The molecule has 0 unspecified atom stereocenters. The van der Waals surface area contributed by atoms with Crippen molar-refractivity contribution in [2.45, 2.75) is 0 Å². The van der Waals surface area contributed by atoms with Crippen LogP contribution in [0.25, 0.3) is 16.7 Å². The van der Waals surface area contributed by atoms with E-state index in [2.05, 4.69) is 25.3 Å². The monoisotopic (exact) mass is 364 g/mol. The van der Waals surface area contributed by atoms with Crippen LogP contribution in [0.3, 0.4) is 0 Å². The lowest BCUT2D eigenvalue weighted by atomic mass is 10.2. The van der Waals surface area contributed by atoms with Gasteiger partial charge in [0.15, 0.2) is 5.65 Å². The first-order valence-corrected chi connectivity index (χ1v) is 8.15. The summed E-state index contributed by atoms with van der Waals surface area (Å²) in [5.41, 5.74) is 8.87. The molecule has 0 bridgehead atoms. The Balaban J connectivity index is 1.96. The van der Waals surface area contributed by atoms with E-state index in [9.17, 15) is 0 Å². The van der Waals surface area contributed by atoms with E-state index in [1.807, 2.05) is 24.3 Å². The minimum Gasteiger partial charge on any atom is -0.497 e. The van der Waals surface area contributed by atoms with Crippen molar-refractivity contribution in [3.8, 4) is 11.5 Å². The van der Waals surface area contributed by atoms with E-state index >= 15 is 0 Å². The molecule has 0 aliphatic rings. The summed E-state index contributed by atoms with van der Waals surface area (Å²) in [4.78, 5) is 17.4. The summed E-state index contributed by atoms with van der Waals surface area (Å²) >= 11 is 0. The molecule has 0 atom stereocenters. The number of nitrogens with zero attached hydrogens (tertiary/aromatic N) is 4. The summed E-state index contributed by atoms with van der Waals surface area (Å²) in [6, 6.07) is 9.17. The van der Waals surface area contributed by atoms with Crippen molar-refractivity contribution in [1.29, 1.82) is 0 Å². The molecule has 0 amide bonds. The van der Waals surface area contributed by atoms with Crippen LogP contribution in [0.2, 0.25) is 0 Å². The minimum absolute atomic E-state index is 0.496. The standard InChI is InChI=1S/C19H20N6O2/c1-21-10-12(9-20)17-11-22-16-4-5-18(25-19(16)24-17)23-13-6-14(26-2)8-15(7-13)27-3/h4-11H,20H2,1-3H3,(H,23,24,25). The van der Waals surface area contributed by atoms with Gasteiger partial charge in [-0.05, 0) is 12.1 Å². The Morgan fingerprint density at radius 3 is 2.48 bits per heavy atom. The highest BCUT2D eigenvalue weighted by molar-refractivity contribution is 6.08. The van der Waals surface area contributed by atoms with Crippen molar-refractivity contribution < 1.29 is 9.47 Å². The number of nitrogens with two attached hydrogens (primary N) is 1. The van der Waals surface area contributed by atoms with Crippen molar-refractivity contribution in [2.75, 3.05) is 26.6 Å². The Kier molecular flexibility index (Phi) is 5.46. The molecule has 0 saturated heterocycles. The zero-order chi connectivity index (χ0) is 19.2. The van der Waals surface area contributed by atoms with Crippen LogP contribution < -0.4 is 20.5 Å². The Morgan fingerprint density at radius 1 is 1.11 bits per heavy atom. The molecular weight excluding hydrogens is 344 g/mol. The van der Waals surface area contributed by atoms with Crippen molar-refractivity contribution in [3.63, 3.8) is 0 Å². The molecule has 2 heterocycles. The SMILES string of the molecule is CN=CC(=CN)c1cnc2ccc(Nc3cc(OC)cc(OC)c3)nc2n1. The van der Waals surface area contributed by atoms with Crippen molar-refractivity contribution in [3.05, 3.63) is 48.4 Å². The van der Waals surface area contributed by atoms with Crippen LogP contribution in [0.5, 0.6) is 11.5 Å². The molecule has 0 fully saturated rings. The number of nitrogens with one attached hydrogen (secondary N) is 1. The van der Waals surface area contributed by atoms with Gasteiger partial charge >= 0.3 is 0 Å². The number of fused-ring (bicyclic) bond motifs is 1. The average Bonchev–Trinajstić information content (AvgIpc) is 2.71. The summed E-state index contributed by atoms with van der Waals surface area (Å²) in [5, 5.41) is 3.23. The first-order chi connectivity index (χ1) is 13.2. The molecule has 3 N–H and O–H groups in total. The van der Waals surface area contributed by atoms with E-state index in [0.717, 1.165) is 5.69 Å². The number of aromatic nitrogens is 3. The van der Waals surface area contributed by atoms with Gasteiger partial charge in [-0.1, -0.05) is 0 Å². The summed E-state index contributed by atoms with van der Waals surface area (Å²) in [6.07, 6.45) is 4.71. The lowest BCUT2D eigenvalue weighted by Crippen LogP contribution is -2.00. The summed E-state index contributed by atoms with van der Waals surface area (Å²) < 4.78 is 10.6. The summed E-state index contributed by atoms with van der Waals surface area (Å²) in [5.74, 6) is 1.97. The molecule has 0 aliphatic carbocycles. The zero-order valence-corrected chi connectivity index (χ0v) is 15.3. The topological polar surface area (TPSA) is 108 Å². The van der Waals surface area contributed by atoms with E-state index < -0.39 is 0 Å². The second-order valence-corrected chi connectivity index (χ2v) is 5.53. The largest absolute Gasteiger partial charge is 0.497 e. The van der Waals surface area contributed by atoms with Gasteiger partial charge in [-0.25, -0.2) is 9.97 Å². The minimum atomic E-state index is 0.496. The zero-order valence-electron chi connectivity index (χ0n) is 15.3. The predicted octanol–water partition coefficient (Wildman–Crippen LogP) is 2.79. The number of allylic oxidation sites excluding steroid dienone is 1. The molecule has 0 spiro atoms. The van der Waals surface area contributed by atoms with E-state index in [0.29, 0.717) is 39.7 Å². The number of pyridine rings is 1. The van der Waals surface area contributed by atoms with E-state index in [-0.39, 0.29) is 0 Å². The fourth-order valence-corrected chi connectivity index (χ4v) is 2.47. The number of methoxy groups -OCH3 is 2. The second-order valence-electron chi connectivity index (χ2n) is 5.53. The lowest BCUT2D eigenvalue weighted by Gasteiger charge is -2.10. The van der Waals surface area contributed by atoms with E-state index in [1.54, 1.807) is 39.7 Å². The number of hydrogen-bond donors (Lipinski definition) is 2. The van der Waals surface area contributed by atoms with Crippen LogP contribution in [0, 0.1) is 0 Å². The van der Waals surface area contributed by atoms with Crippen LogP contribution >= 0.6 is 0 Å².